The fourth-order valence-electron chi connectivity index (χ4n) is 1.26. The van der Waals surface area contributed by atoms with E-state index in [0.717, 1.165) is 17.2 Å². The fourth-order valence-corrected chi connectivity index (χ4v) is 1.26. The van der Waals surface area contributed by atoms with Crippen molar-refractivity contribution in [1.82, 2.24) is 15.2 Å². The summed E-state index contributed by atoms with van der Waals surface area (Å²) in [5, 5.41) is 8.29. The standard InChI is InChI=1S/C11H19N3/c1-7(2)9-8(3)13-14-10(12-9)11(4,5)6/h7H,1-6H3. The molecular formula is C11H19N3. The average Bonchev–Trinajstić information content (AvgIpc) is 2.02. The Morgan fingerprint density at radius 1 is 1.07 bits per heavy atom. The zero-order valence-corrected chi connectivity index (χ0v) is 9.92. The summed E-state index contributed by atoms with van der Waals surface area (Å²) in [5.74, 6) is 1.23. The van der Waals surface area contributed by atoms with Crippen LogP contribution in [0.15, 0.2) is 0 Å². The van der Waals surface area contributed by atoms with E-state index in [9.17, 15) is 0 Å². The maximum absolute atomic E-state index is 4.57. The van der Waals surface area contributed by atoms with Crippen molar-refractivity contribution in [2.45, 2.75) is 52.9 Å². The molecule has 0 unspecified atom stereocenters. The maximum atomic E-state index is 4.57. The predicted molar refractivity (Wildman–Crippen MR) is 57.4 cm³/mol. The van der Waals surface area contributed by atoms with Gasteiger partial charge in [-0.1, -0.05) is 34.6 Å². The van der Waals surface area contributed by atoms with Crippen molar-refractivity contribution < 1.29 is 0 Å². The number of hydrogen-bond acceptors (Lipinski definition) is 3. The highest BCUT2D eigenvalue weighted by Crippen LogP contribution is 2.20. The first-order chi connectivity index (χ1) is 6.32. The summed E-state index contributed by atoms with van der Waals surface area (Å²) in [6.07, 6.45) is 0. The molecule has 0 atom stereocenters. The molecule has 0 radical (unpaired) electrons. The van der Waals surface area contributed by atoms with Gasteiger partial charge in [0.25, 0.3) is 0 Å². The molecule has 1 heterocycles. The van der Waals surface area contributed by atoms with Gasteiger partial charge in [-0.05, 0) is 12.8 Å². The normalized spacial score (nSPS) is 12.2. The third kappa shape index (κ3) is 2.28. The lowest BCUT2D eigenvalue weighted by atomic mass is 9.95. The van der Waals surface area contributed by atoms with Crippen LogP contribution in [-0.4, -0.2) is 15.2 Å². The summed E-state index contributed by atoms with van der Waals surface area (Å²) in [7, 11) is 0. The van der Waals surface area contributed by atoms with Crippen LogP contribution in [0.1, 0.15) is 57.7 Å². The second-order valence-electron chi connectivity index (χ2n) is 5.01. The molecule has 0 saturated carbocycles. The minimum Gasteiger partial charge on any atom is -0.233 e. The van der Waals surface area contributed by atoms with Crippen LogP contribution in [0.25, 0.3) is 0 Å². The second kappa shape index (κ2) is 3.64. The van der Waals surface area contributed by atoms with E-state index in [1.54, 1.807) is 0 Å². The maximum Gasteiger partial charge on any atom is 0.156 e. The number of rotatable bonds is 1. The van der Waals surface area contributed by atoms with Crippen molar-refractivity contribution >= 4 is 0 Å². The van der Waals surface area contributed by atoms with E-state index in [0.29, 0.717) is 5.92 Å². The Bertz CT molecular complexity index is 324. The molecule has 78 valence electrons. The molecule has 14 heavy (non-hydrogen) atoms. The van der Waals surface area contributed by atoms with Gasteiger partial charge < -0.3 is 0 Å². The summed E-state index contributed by atoms with van der Waals surface area (Å²) in [6, 6.07) is 0. The second-order valence-corrected chi connectivity index (χ2v) is 5.01. The van der Waals surface area contributed by atoms with Crippen molar-refractivity contribution in [2.75, 3.05) is 0 Å². The molecule has 0 N–H and O–H groups in total. The molecule has 0 bridgehead atoms. The summed E-state index contributed by atoms with van der Waals surface area (Å²) >= 11 is 0. The smallest absolute Gasteiger partial charge is 0.156 e. The van der Waals surface area contributed by atoms with Gasteiger partial charge in [-0.2, -0.15) is 5.10 Å². The van der Waals surface area contributed by atoms with Gasteiger partial charge in [-0.15, -0.1) is 5.10 Å². The highest BCUT2D eigenvalue weighted by molar-refractivity contribution is 5.14. The molecule has 1 aromatic rings. The molecule has 3 nitrogen and oxygen atoms in total. The molecule has 0 fully saturated rings. The first kappa shape index (κ1) is 11.1. The van der Waals surface area contributed by atoms with Crippen LogP contribution in [0.5, 0.6) is 0 Å². The van der Waals surface area contributed by atoms with Gasteiger partial charge in [0, 0.05) is 5.41 Å². The van der Waals surface area contributed by atoms with Crippen LogP contribution >= 0.6 is 0 Å². The molecule has 0 aliphatic carbocycles. The van der Waals surface area contributed by atoms with E-state index in [1.165, 1.54) is 0 Å². The van der Waals surface area contributed by atoms with Gasteiger partial charge in [-0.3, -0.25) is 0 Å². The molecule has 0 saturated heterocycles. The molecule has 0 aromatic carbocycles. The molecule has 3 heteroatoms. The third-order valence-electron chi connectivity index (χ3n) is 2.11. The summed E-state index contributed by atoms with van der Waals surface area (Å²) < 4.78 is 0. The lowest BCUT2D eigenvalue weighted by Gasteiger charge is -2.17. The number of aromatic nitrogens is 3. The topological polar surface area (TPSA) is 38.7 Å². The van der Waals surface area contributed by atoms with Crippen LogP contribution in [0, 0.1) is 6.92 Å². The minimum absolute atomic E-state index is 0.0235. The van der Waals surface area contributed by atoms with E-state index in [1.807, 2.05) is 6.92 Å². The van der Waals surface area contributed by atoms with Gasteiger partial charge in [0.05, 0.1) is 11.4 Å². The fraction of sp³-hybridized carbons (Fsp3) is 0.727. The van der Waals surface area contributed by atoms with Crippen LogP contribution in [0.2, 0.25) is 0 Å². The molecular weight excluding hydrogens is 174 g/mol. The molecule has 1 aromatic heterocycles. The van der Waals surface area contributed by atoms with E-state index in [-0.39, 0.29) is 5.41 Å². The summed E-state index contributed by atoms with van der Waals surface area (Å²) in [4.78, 5) is 4.57. The van der Waals surface area contributed by atoms with Gasteiger partial charge in [0.15, 0.2) is 5.82 Å². The van der Waals surface area contributed by atoms with Gasteiger partial charge >= 0.3 is 0 Å². The van der Waals surface area contributed by atoms with Gasteiger partial charge in [-0.25, -0.2) is 4.98 Å². The number of aryl methyl sites for hydroxylation is 1. The monoisotopic (exact) mass is 193 g/mol. The number of nitrogens with zero attached hydrogens (tertiary/aromatic N) is 3. The Balaban J connectivity index is 3.20. The van der Waals surface area contributed by atoms with Gasteiger partial charge in [0.1, 0.15) is 0 Å². The van der Waals surface area contributed by atoms with E-state index < -0.39 is 0 Å². The zero-order valence-electron chi connectivity index (χ0n) is 9.92. The Hall–Kier alpha value is -0.990. The van der Waals surface area contributed by atoms with Crippen LogP contribution < -0.4 is 0 Å². The summed E-state index contributed by atoms with van der Waals surface area (Å²) in [6.45, 7) is 12.5. The van der Waals surface area contributed by atoms with Crippen molar-refractivity contribution in [2.24, 2.45) is 0 Å². The van der Waals surface area contributed by atoms with Crippen LogP contribution in [-0.2, 0) is 5.41 Å². The van der Waals surface area contributed by atoms with Crippen LogP contribution in [0.4, 0.5) is 0 Å². The first-order valence-corrected chi connectivity index (χ1v) is 5.04. The highest BCUT2D eigenvalue weighted by Gasteiger charge is 2.20. The predicted octanol–water partition coefficient (Wildman–Crippen LogP) is 2.60. The Morgan fingerprint density at radius 2 is 1.64 bits per heavy atom. The van der Waals surface area contributed by atoms with Crippen molar-refractivity contribution in [3.05, 3.63) is 17.2 Å². The van der Waals surface area contributed by atoms with Crippen molar-refractivity contribution in [3.63, 3.8) is 0 Å². The van der Waals surface area contributed by atoms with E-state index >= 15 is 0 Å². The van der Waals surface area contributed by atoms with Gasteiger partial charge in [0.2, 0.25) is 0 Å². The Kier molecular flexibility index (Phi) is 2.88. The Morgan fingerprint density at radius 3 is 2.07 bits per heavy atom. The van der Waals surface area contributed by atoms with E-state index in [4.69, 9.17) is 0 Å². The highest BCUT2D eigenvalue weighted by atomic mass is 15.2. The molecule has 0 aliphatic rings. The number of hydrogen-bond donors (Lipinski definition) is 0. The largest absolute Gasteiger partial charge is 0.233 e. The lowest BCUT2D eigenvalue weighted by Crippen LogP contribution is -2.19. The Labute approximate surface area is 86.0 Å². The van der Waals surface area contributed by atoms with E-state index in [2.05, 4.69) is 49.8 Å². The quantitative estimate of drug-likeness (QED) is 0.688. The zero-order chi connectivity index (χ0) is 10.9. The lowest BCUT2D eigenvalue weighted by molar-refractivity contribution is 0.522. The third-order valence-corrected chi connectivity index (χ3v) is 2.11. The van der Waals surface area contributed by atoms with Crippen molar-refractivity contribution in [3.8, 4) is 0 Å². The SMILES string of the molecule is Cc1nnc(C(C)(C)C)nc1C(C)C. The first-order valence-electron chi connectivity index (χ1n) is 5.04. The molecule has 0 amide bonds. The minimum atomic E-state index is -0.0235. The molecule has 1 rings (SSSR count). The van der Waals surface area contributed by atoms with Crippen LogP contribution in [0.3, 0.4) is 0 Å². The summed E-state index contributed by atoms with van der Waals surface area (Å²) in [5.41, 5.74) is 1.97. The van der Waals surface area contributed by atoms with Crippen molar-refractivity contribution in [1.29, 1.82) is 0 Å². The average molecular weight is 193 g/mol. The molecule has 0 spiro atoms. The molecule has 0 aliphatic heterocycles.